The molecule has 3 heterocycles. The van der Waals surface area contributed by atoms with Gasteiger partial charge in [-0.15, -0.1) is 0 Å². The van der Waals surface area contributed by atoms with Gasteiger partial charge in [-0.05, 0) is 25.9 Å². The van der Waals surface area contributed by atoms with Crippen LogP contribution < -0.4 is 4.57 Å². The minimum atomic E-state index is -0.297. The van der Waals surface area contributed by atoms with Gasteiger partial charge in [-0.2, -0.15) is 0 Å². The zero-order chi connectivity index (χ0) is 13.4. The zero-order valence-corrected chi connectivity index (χ0v) is 7.60. The second kappa shape index (κ2) is 1.95. The summed E-state index contributed by atoms with van der Waals surface area (Å²) < 4.78 is 42.3. The van der Waals surface area contributed by atoms with Gasteiger partial charge in [-0.3, -0.25) is 0 Å². The van der Waals surface area contributed by atoms with E-state index in [-0.39, 0.29) is 36.1 Å². The first-order valence-electron chi connectivity index (χ1n) is 6.80. The highest BCUT2D eigenvalue weighted by Crippen LogP contribution is 2.27. The minimum Gasteiger partial charge on any atom is -0.228 e. The van der Waals surface area contributed by atoms with Crippen LogP contribution >= 0.6 is 0 Å². The van der Waals surface area contributed by atoms with Crippen LogP contribution in [0.1, 0.15) is 26.4 Å². The van der Waals surface area contributed by atoms with Crippen molar-refractivity contribution < 1.29 is 11.4 Å². The molecule has 66 valence electrons. The fraction of sp³-hybridized carbons (Fsp3) is 0.364. The van der Waals surface area contributed by atoms with E-state index in [0.717, 1.165) is 12.1 Å². The van der Waals surface area contributed by atoms with Crippen LogP contribution in [0.25, 0.3) is 5.52 Å². The van der Waals surface area contributed by atoms with Gasteiger partial charge in [0.05, 0.1) is 16.7 Å². The van der Waals surface area contributed by atoms with Gasteiger partial charge in [0.2, 0.25) is 6.30 Å². The second-order valence-corrected chi connectivity index (χ2v) is 4.04. The summed E-state index contributed by atoms with van der Waals surface area (Å²) in [4.78, 5) is 0. The first-order chi connectivity index (χ1) is 8.27. The molecule has 1 aliphatic heterocycles. The van der Waals surface area contributed by atoms with E-state index in [1.54, 1.807) is 4.57 Å². The molecule has 0 amide bonds. The molecule has 2 nitrogen and oxygen atoms in total. The van der Waals surface area contributed by atoms with Crippen molar-refractivity contribution in [1.82, 2.24) is 4.40 Å². The first kappa shape index (κ1) is 3.82. The lowest BCUT2D eigenvalue weighted by atomic mass is 9.89. The van der Waals surface area contributed by atoms with E-state index in [1.807, 2.05) is 13.8 Å². The molecule has 0 aliphatic carbocycles. The van der Waals surface area contributed by atoms with Gasteiger partial charge in [0.1, 0.15) is 6.91 Å². The molecule has 0 atom stereocenters. The minimum absolute atomic E-state index is 0.0613. The Hall–Kier alpha value is -1.31. The van der Waals surface area contributed by atoms with Crippen LogP contribution in [0.3, 0.4) is 0 Å². The summed E-state index contributed by atoms with van der Waals surface area (Å²) in [6.45, 7) is 3.99. The number of nitrogens with zero attached hydrogens (tertiary/aromatic N) is 2. The monoisotopic (exact) mass is 183 g/mol. The van der Waals surface area contributed by atoms with E-state index in [9.17, 15) is 0 Å². The van der Waals surface area contributed by atoms with E-state index in [4.69, 9.17) is 6.85 Å². The van der Waals surface area contributed by atoms with Crippen LogP contribution in [-0.4, -0.2) is 4.40 Å². The molecule has 0 spiro atoms. The van der Waals surface area contributed by atoms with Gasteiger partial charge in [-0.1, -0.05) is 6.04 Å². The van der Waals surface area contributed by atoms with Crippen molar-refractivity contribution in [2.75, 3.05) is 0 Å². The van der Waals surface area contributed by atoms with Gasteiger partial charge < -0.3 is 0 Å². The third-order valence-electron chi connectivity index (χ3n) is 2.58. The van der Waals surface area contributed by atoms with Crippen LogP contribution in [0, 0.1) is 0 Å². The number of fused-ring (bicyclic) bond motifs is 3. The highest BCUT2D eigenvalue weighted by Gasteiger charge is 2.42. The van der Waals surface area contributed by atoms with Gasteiger partial charge >= 0.3 is 0 Å². The Morgan fingerprint density at radius 3 is 3.15 bits per heavy atom. The Morgan fingerprint density at radius 1 is 1.54 bits per heavy atom. The van der Waals surface area contributed by atoms with Crippen LogP contribution in [0.2, 0.25) is 0 Å². The molecule has 0 fully saturated rings. The Bertz CT molecular complexity index is 657. The number of hydrogen-bond acceptors (Lipinski definition) is 0. The van der Waals surface area contributed by atoms with Gasteiger partial charge in [0, 0.05) is 0 Å². The fourth-order valence-electron chi connectivity index (χ4n) is 1.89. The summed E-state index contributed by atoms with van der Waals surface area (Å²) in [5.41, 5.74) is 1.06. The Kier molecular flexibility index (Phi) is 0.574. The molecule has 0 aromatic carbocycles. The fourth-order valence-corrected chi connectivity index (χ4v) is 1.89. The van der Waals surface area contributed by atoms with E-state index in [1.165, 1.54) is 4.40 Å². The molecular formula is C11H13N2+. The predicted octanol–water partition coefficient (Wildman–Crippen LogP) is 1.52. The van der Waals surface area contributed by atoms with E-state index in [2.05, 4.69) is 0 Å². The van der Waals surface area contributed by atoms with Crippen molar-refractivity contribution >= 4 is 5.52 Å². The van der Waals surface area contributed by atoms with E-state index >= 15 is 0 Å². The molecular weight excluding hydrogens is 160 g/mol. The number of hydrogen-bond donors (Lipinski definition) is 0. The maximum Gasteiger partial charge on any atom is 0.249 e. The van der Waals surface area contributed by atoms with Crippen molar-refractivity contribution in [3.63, 3.8) is 0 Å². The number of rotatable bonds is 0. The maximum absolute atomic E-state index is 8.10. The molecule has 13 heavy (non-hydrogen) atoms. The SMILES string of the molecule is [3H]c1c([3H])c([3H])n2c([3H])[n+]3c(c2c1[3H])CC3(C)C. The van der Waals surface area contributed by atoms with Crippen molar-refractivity contribution in [3.05, 3.63) is 36.3 Å². The van der Waals surface area contributed by atoms with Crippen LogP contribution in [0.4, 0.5) is 0 Å². The summed E-state index contributed by atoms with van der Waals surface area (Å²) in [5, 5.41) is 0. The summed E-state index contributed by atoms with van der Waals surface area (Å²) in [5.74, 6) is 0. The smallest absolute Gasteiger partial charge is 0.228 e. The average molecular weight is 183 g/mol. The largest absolute Gasteiger partial charge is 0.249 e. The van der Waals surface area contributed by atoms with Crippen LogP contribution in [0.15, 0.2) is 30.6 Å². The molecule has 2 aromatic heterocycles. The third-order valence-corrected chi connectivity index (χ3v) is 2.58. The Morgan fingerprint density at radius 2 is 2.38 bits per heavy atom. The number of aromatic nitrogens is 2. The van der Waals surface area contributed by atoms with Gasteiger partial charge in [0.15, 0.2) is 12.6 Å². The Labute approximate surface area is 84.5 Å². The van der Waals surface area contributed by atoms with E-state index in [0.29, 0.717) is 5.52 Å². The molecule has 1 aliphatic rings. The summed E-state index contributed by atoms with van der Waals surface area (Å²) in [6, 6.07) is -0.596. The average Bonchev–Trinajstić information content (AvgIpc) is 2.52. The molecule has 0 saturated carbocycles. The third kappa shape index (κ3) is 0.755. The molecule has 3 rings (SSSR count). The maximum atomic E-state index is 8.10. The lowest BCUT2D eigenvalue weighted by molar-refractivity contribution is -0.801. The van der Waals surface area contributed by atoms with Gasteiger partial charge in [0.25, 0.3) is 0 Å². The molecule has 2 heteroatoms. The van der Waals surface area contributed by atoms with Crippen molar-refractivity contribution in [2.24, 2.45) is 0 Å². The molecule has 0 bridgehead atoms. The number of imidazole rings is 1. The van der Waals surface area contributed by atoms with Crippen molar-refractivity contribution in [3.8, 4) is 0 Å². The lowest BCUT2D eigenvalue weighted by Gasteiger charge is -2.30. The second-order valence-electron chi connectivity index (χ2n) is 4.04. The van der Waals surface area contributed by atoms with Crippen LogP contribution in [-0.2, 0) is 12.0 Å². The van der Waals surface area contributed by atoms with Gasteiger partial charge in [-0.25, -0.2) is 8.97 Å². The molecule has 2 aromatic rings. The molecule has 0 unspecified atom stereocenters. The van der Waals surface area contributed by atoms with Crippen molar-refractivity contribution in [1.29, 1.82) is 0 Å². The predicted molar refractivity (Wildman–Crippen MR) is 50.6 cm³/mol. The quantitative estimate of drug-likeness (QED) is 0.547. The van der Waals surface area contributed by atoms with Crippen molar-refractivity contribution in [2.45, 2.75) is 25.8 Å². The first-order valence-corrected chi connectivity index (χ1v) is 4.30. The highest BCUT2D eigenvalue weighted by molar-refractivity contribution is 5.51. The summed E-state index contributed by atoms with van der Waals surface area (Å²) in [7, 11) is 0. The highest BCUT2D eigenvalue weighted by atomic mass is 15.2. The Balaban J connectivity index is 2.56. The molecule has 0 N–H and O–H groups in total. The summed E-state index contributed by atoms with van der Waals surface area (Å²) in [6.07, 6.45) is 0.647. The van der Waals surface area contributed by atoms with E-state index < -0.39 is 0 Å². The molecule has 0 saturated heterocycles. The standard InChI is InChI=1S/C11H13N2/c1-11(2)7-10-9-5-3-4-6-12(9)8-13(10)11/h3-6,8H,7H2,1-2H3/q+1/i3T,4T,5T,6T,8T. The topological polar surface area (TPSA) is 8.29 Å². The van der Waals surface area contributed by atoms with Crippen LogP contribution in [0.5, 0.6) is 0 Å². The zero-order valence-electron chi connectivity index (χ0n) is 12.6. The lowest BCUT2D eigenvalue weighted by Crippen LogP contribution is -2.64. The normalized spacial score (nSPS) is 23.7. The summed E-state index contributed by atoms with van der Waals surface area (Å²) >= 11 is 0. The number of pyridine rings is 1. The molecule has 0 radical (unpaired) electrons.